The zero-order chi connectivity index (χ0) is 21.5. The fourth-order valence-corrected chi connectivity index (χ4v) is 4.54. The fourth-order valence-electron chi connectivity index (χ4n) is 3.98. The van der Waals surface area contributed by atoms with Crippen LogP contribution in [0.3, 0.4) is 0 Å². The molecule has 1 heterocycles. The number of halogens is 2. The molecule has 2 aromatic carbocycles. The predicted octanol–water partition coefficient (Wildman–Crippen LogP) is 4.24. The van der Waals surface area contributed by atoms with Crippen LogP contribution in [0.5, 0.6) is 5.75 Å². The van der Waals surface area contributed by atoms with Gasteiger partial charge in [0.15, 0.2) is 0 Å². The maximum absolute atomic E-state index is 12.7. The van der Waals surface area contributed by atoms with Crippen LogP contribution in [0.25, 0.3) is 0 Å². The van der Waals surface area contributed by atoms with Crippen molar-refractivity contribution < 1.29 is 21.9 Å². The molecule has 0 spiro atoms. The van der Waals surface area contributed by atoms with Crippen LogP contribution in [0.15, 0.2) is 42.5 Å². The third kappa shape index (κ3) is 4.33. The standard InChI is InChI=1S/C21H21F2N3O3S/c1-30(27,28)25-15-6-4-14(5-7-15)20-18(11-24)17-9-8-16(29-21(22)23)10-19(17)26(20)12-13-2-3-13/h4-10,13,18,20-21,25H,2-3,12H2,1H3. The van der Waals surface area contributed by atoms with Crippen molar-refractivity contribution >= 4 is 21.4 Å². The number of hydrogen-bond donors (Lipinski definition) is 1. The number of rotatable bonds is 7. The Bertz CT molecular complexity index is 1080. The second kappa shape index (κ2) is 7.76. The summed E-state index contributed by atoms with van der Waals surface area (Å²) in [6, 6.07) is 13.7. The van der Waals surface area contributed by atoms with Crippen molar-refractivity contribution in [2.45, 2.75) is 31.4 Å². The Balaban J connectivity index is 1.71. The van der Waals surface area contributed by atoms with Crippen LogP contribution < -0.4 is 14.4 Å². The van der Waals surface area contributed by atoms with Crippen LogP contribution in [0, 0.1) is 17.2 Å². The molecule has 0 radical (unpaired) electrons. The molecule has 1 saturated carbocycles. The van der Waals surface area contributed by atoms with Crippen molar-refractivity contribution in [1.29, 1.82) is 5.26 Å². The Morgan fingerprint density at radius 3 is 2.50 bits per heavy atom. The molecule has 2 unspecified atom stereocenters. The third-order valence-corrected chi connectivity index (χ3v) is 5.98. The van der Waals surface area contributed by atoms with E-state index in [1.165, 1.54) is 6.07 Å². The Morgan fingerprint density at radius 1 is 1.23 bits per heavy atom. The van der Waals surface area contributed by atoms with E-state index in [0.717, 1.165) is 42.5 Å². The highest BCUT2D eigenvalue weighted by atomic mass is 32.2. The van der Waals surface area contributed by atoms with Gasteiger partial charge in [-0.2, -0.15) is 14.0 Å². The van der Waals surface area contributed by atoms with Gasteiger partial charge < -0.3 is 9.64 Å². The summed E-state index contributed by atoms with van der Waals surface area (Å²) in [5.41, 5.74) is 2.80. The number of benzene rings is 2. The average molecular weight is 433 g/mol. The molecule has 1 fully saturated rings. The molecule has 0 bridgehead atoms. The maximum Gasteiger partial charge on any atom is 0.387 e. The zero-order valence-electron chi connectivity index (χ0n) is 16.3. The topological polar surface area (TPSA) is 82.4 Å². The van der Waals surface area contributed by atoms with E-state index in [-0.39, 0.29) is 11.8 Å². The van der Waals surface area contributed by atoms with E-state index in [1.807, 2.05) is 0 Å². The van der Waals surface area contributed by atoms with Gasteiger partial charge in [0, 0.05) is 24.0 Å². The summed E-state index contributed by atoms with van der Waals surface area (Å²) in [7, 11) is -3.39. The normalized spacial score (nSPS) is 20.7. The molecule has 1 N–H and O–H groups in total. The first kappa shape index (κ1) is 20.4. The number of alkyl halides is 2. The summed E-state index contributed by atoms with van der Waals surface area (Å²) in [5, 5.41) is 9.91. The minimum Gasteiger partial charge on any atom is -0.435 e. The van der Waals surface area contributed by atoms with Crippen molar-refractivity contribution in [2.24, 2.45) is 5.92 Å². The maximum atomic E-state index is 12.7. The van der Waals surface area contributed by atoms with Crippen LogP contribution in [-0.4, -0.2) is 27.8 Å². The van der Waals surface area contributed by atoms with E-state index in [0.29, 0.717) is 11.6 Å². The van der Waals surface area contributed by atoms with Crippen LogP contribution in [0.1, 0.15) is 35.9 Å². The molecular weight excluding hydrogens is 412 g/mol. The van der Waals surface area contributed by atoms with Gasteiger partial charge in [-0.3, -0.25) is 4.72 Å². The number of ether oxygens (including phenoxy) is 1. The second-order valence-corrected chi connectivity index (χ2v) is 9.49. The molecule has 9 heteroatoms. The molecule has 2 aromatic rings. The van der Waals surface area contributed by atoms with Crippen LogP contribution >= 0.6 is 0 Å². The van der Waals surface area contributed by atoms with E-state index in [1.54, 1.807) is 36.4 Å². The van der Waals surface area contributed by atoms with Crippen molar-refractivity contribution in [2.75, 3.05) is 22.4 Å². The number of anilines is 2. The summed E-state index contributed by atoms with van der Waals surface area (Å²) in [6.07, 6.45) is 3.27. The summed E-state index contributed by atoms with van der Waals surface area (Å²) >= 11 is 0. The van der Waals surface area contributed by atoms with Gasteiger partial charge in [-0.1, -0.05) is 18.2 Å². The van der Waals surface area contributed by atoms with Crippen LogP contribution in [0.4, 0.5) is 20.2 Å². The number of nitrogens with zero attached hydrogens (tertiary/aromatic N) is 2. The number of nitriles is 1. The van der Waals surface area contributed by atoms with Gasteiger partial charge in [-0.25, -0.2) is 8.42 Å². The van der Waals surface area contributed by atoms with Gasteiger partial charge in [0.1, 0.15) is 5.75 Å². The number of nitrogens with one attached hydrogen (secondary N) is 1. The Hall–Kier alpha value is -2.86. The first-order valence-corrected chi connectivity index (χ1v) is 11.5. The van der Waals surface area contributed by atoms with Gasteiger partial charge in [0.05, 0.1) is 24.3 Å². The highest BCUT2D eigenvalue weighted by Crippen LogP contribution is 2.51. The molecule has 0 amide bonds. The van der Waals surface area contributed by atoms with Crippen molar-refractivity contribution in [1.82, 2.24) is 0 Å². The second-order valence-electron chi connectivity index (χ2n) is 7.74. The van der Waals surface area contributed by atoms with Crippen molar-refractivity contribution in [3.63, 3.8) is 0 Å². The number of sulfonamides is 1. The molecule has 1 aliphatic carbocycles. The van der Waals surface area contributed by atoms with Gasteiger partial charge in [-0.15, -0.1) is 0 Å². The van der Waals surface area contributed by atoms with Crippen molar-refractivity contribution in [3.8, 4) is 11.8 Å². The molecule has 1 aliphatic heterocycles. The quantitative estimate of drug-likeness (QED) is 0.706. The molecule has 2 atom stereocenters. The summed E-state index contributed by atoms with van der Waals surface area (Å²) < 4.78 is 55.3. The average Bonchev–Trinajstić information content (AvgIpc) is 3.43. The molecule has 0 saturated heterocycles. The first-order valence-electron chi connectivity index (χ1n) is 9.58. The largest absolute Gasteiger partial charge is 0.435 e. The minimum absolute atomic E-state index is 0.0644. The summed E-state index contributed by atoms with van der Waals surface area (Å²) in [6.45, 7) is -2.20. The summed E-state index contributed by atoms with van der Waals surface area (Å²) in [4.78, 5) is 2.10. The molecule has 4 rings (SSSR count). The van der Waals surface area contributed by atoms with E-state index < -0.39 is 22.6 Å². The lowest BCUT2D eigenvalue weighted by Crippen LogP contribution is -2.28. The van der Waals surface area contributed by atoms with Crippen LogP contribution in [0.2, 0.25) is 0 Å². The number of fused-ring (bicyclic) bond motifs is 1. The monoisotopic (exact) mass is 433 g/mol. The molecule has 6 nitrogen and oxygen atoms in total. The Labute approximate surface area is 174 Å². The van der Waals surface area contributed by atoms with Gasteiger partial charge in [0.2, 0.25) is 10.0 Å². The highest BCUT2D eigenvalue weighted by molar-refractivity contribution is 7.92. The zero-order valence-corrected chi connectivity index (χ0v) is 17.1. The van der Waals surface area contributed by atoms with Crippen molar-refractivity contribution in [3.05, 3.63) is 53.6 Å². The minimum atomic E-state index is -3.39. The molecule has 2 aliphatic rings. The van der Waals surface area contributed by atoms with E-state index in [9.17, 15) is 22.5 Å². The van der Waals surface area contributed by atoms with E-state index in [2.05, 4.69) is 20.4 Å². The fraction of sp³-hybridized carbons (Fsp3) is 0.381. The molecular formula is C21H21F2N3O3S. The molecule has 0 aromatic heterocycles. The lowest BCUT2D eigenvalue weighted by Gasteiger charge is -2.29. The van der Waals surface area contributed by atoms with Gasteiger partial charge in [0.25, 0.3) is 0 Å². The lowest BCUT2D eigenvalue weighted by molar-refractivity contribution is -0.0498. The first-order chi connectivity index (χ1) is 14.2. The summed E-state index contributed by atoms with van der Waals surface area (Å²) in [5.74, 6) is 0.0892. The Morgan fingerprint density at radius 2 is 1.93 bits per heavy atom. The SMILES string of the molecule is CS(=O)(=O)Nc1ccc(C2C(C#N)c3ccc(OC(F)F)cc3N2CC2CC2)cc1. The Kier molecular flexibility index (Phi) is 5.28. The number of hydrogen-bond acceptors (Lipinski definition) is 5. The lowest BCUT2D eigenvalue weighted by atomic mass is 9.91. The van der Waals surface area contributed by atoms with Crippen LogP contribution in [-0.2, 0) is 10.0 Å². The smallest absolute Gasteiger partial charge is 0.387 e. The highest BCUT2D eigenvalue weighted by Gasteiger charge is 2.42. The molecule has 158 valence electrons. The third-order valence-electron chi connectivity index (χ3n) is 5.37. The van der Waals surface area contributed by atoms with E-state index in [4.69, 9.17) is 0 Å². The predicted molar refractivity (Wildman–Crippen MR) is 109 cm³/mol. The van der Waals surface area contributed by atoms with Gasteiger partial charge in [-0.05, 0) is 48.1 Å². The molecule has 30 heavy (non-hydrogen) atoms. The van der Waals surface area contributed by atoms with E-state index >= 15 is 0 Å². The van der Waals surface area contributed by atoms with Gasteiger partial charge >= 0.3 is 6.61 Å².